The van der Waals surface area contributed by atoms with Crippen molar-refractivity contribution in [2.75, 3.05) is 5.32 Å². The van der Waals surface area contributed by atoms with E-state index in [2.05, 4.69) is 5.32 Å². The third-order valence-corrected chi connectivity index (χ3v) is 2.54. The van der Waals surface area contributed by atoms with Crippen LogP contribution in [0, 0.1) is 34.9 Å². The average molecular weight is 291 g/mol. The molecule has 0 bridgehead atoms. The second kappa shape index (κ2) is 5.44. The maximum absolute atomic E-state index is 13.3. The highest BCUT2D eigenvalue weighted by Crippen LogP contribution is 2.20. The number of benzene rings is 2. The number of hydrogen-bond acceptors (Lipinski definition) is 1. The van der Waals surface area contributed by atoms with Crippen LogP contribution in [0.25, 0.3) is 0 Å². The Kier molecular flexibility index (Phi) is 3.87. The molecule has 2 aromatic rings. The van der Waals surface area contributed by atoms with Gasteiger partial charge in [-0.2, -0.15) is 0 Å². The molecule has 1 nitrogen and oxygen atoms in total. The predicted molar refractivity (Wildman–Crippen MR) is 60.0 cm³/mol. The first-order valence-corrected chi connectivity index (χ1v) is 5.40. The largest absolute Gasteiger partial charge is 0.379 e. The molecule has 0 aromatic heterocycles. The van der Waals surface area contributed by atoms with E-state index in [1.807, 2.05) is 0 Å². The van der Waals surface area contributed by atoms with E-state index in [1.54, 1.807) is 0 Å². The van der Waals surface area contributed by atoms with Crippen LogP contribution >= 0.6 is 0 Å². The Morgan fingerprint density at radius 3 is 1.80 bits per heavy atom. The number of rotatable bonds is 3. The van der Waals surface area contributed by atoms with Crippen molar-refractivity contribution in [3.8, 4) is 0 Å². The van der Waals surface area contributed by atoms with Crippen LogP contribution in [0.5, 0.6) is 0 Å². The summed E-state index contributed by atoms with van der Waals surface area (Å²) in [6.07, 6.45) is 0. The van der Waals surface area contributed by atoms with Crippen molar-refractivity contribution in [1.82, 2.24) is 0 Å². The zero-order chi connectivity index (χ0) is 14.9. The molecule has 7 heteroatoms. The monoisotopic (exact) mass is 291 g/mol. The van der Waals surface area contributed by atoms with Gasteiger partial charge in [0.25, 0.3) is 0 Å². The van der Waals surface area contributed by atoms with Crippen LogP contribution in [-0.2, 0) is 6.54 Å². The zero-order valence-corrected chi connectivity index (χ0v) is 9.78. The van der Waals surface area contributed by atoms with Gasteiger partial charge in [-0.05, 0) is 17.7 Å². The minimum absolute atomic E-state index is 0.0227. The summed E-state index contributed by atoms with van der Waals surface area (Å²) in [5, 5.41) is 2.33. The smallest absolute Gasteiger partial charge is 0.194 e. The summed E-state index contributed by atoms with van der Waals surface area (Å²) in [4.78, 5) is 0. The van der Waals surface area contributed by atoms with E-state index in [-0.39, 0.29) is 17.8 Å². The minimum Gasteiger partial charge on any atom is -0.379 e. The fourth-order valence-corrected chi connectivity index (χ4v) is 1.57. The Bertz CT molecular complexity index is 633. The fraction of sp³-hybridized carbons (Fsp3) is 0.0769. The molecular formula is C13H7F6N. The van der Waals surface area contributed by atoms with E-state index >= 15 is 0 Å². The molecular weight excluding hydrogens is 284 g/mol. The van der Waals surface area contributed by atoms with Gasteiger partial charge in [0, 0.05) is 18.7 Å². The average Bonchev–Trinajstić information content (AvgIpc) is 2.38. The summed E-state index contributed by atoms with van der Waals surface area (Å²) >= 11 is 0. The van der Waals surface area contributed by atoms with Gasteiger partial charge in [0.2, 0.25) is 0 Å². The highest BCUT2D eigenvalue weighted by Gasteiger charge is 2.12. The lowest BCUT2D eigenvalue weighted by molar-refractivity contribution is 0.445. The van der Waals surface area contributed by atoms with Gasteiger partial charge in [-0.25, -0.2) is 26.3 Å². The molecule has 0 aliphatic rings. The molecule has 0 unspecified atom stereocenters. The van der Waals surface area contributed by atoms with E-state index in [0.29, 0.717) is 24.3 Å². The van der Waals surface area contributed by atoms with Crippen LogP contribution in [-0.4, -0.2) is 0 Å². The van der Waals surface area contributed by atoms with E-state index in [0.717, 1.165) is 0 Å². The Morgan fingerprint density at radius 2 is 1.20 bits per heavy atom. The Balaban J connectivity index is 2.19. The van der Waals surface area contributed by atoms with Gasteiger partial charge in [0.05, 0.1) is 5.69 Å². The molecule has 0 amide bonds. The summed E-state index contributed by atoms with van der Waals surface area (Å²) in [6.45, 7) is -0.296. The van der Waals surface area contributed by atoms with Crippen LogP contribution in [0.2, 0.25) is 0 Å². The molecule has 0 spiro atoms. The third kappa shape index (κ3) is 2.87. The molecule has 0 heterocycles. The molecule has 0 atom stereocenters. The van der Waals surface area contributed by atoms with E-state index in [9.17, 15) is 26.3 Å². The second-order valence-electron chi connectivity index (χ2n) is 3.97. The van der Waals surface area contributed by atoms with Gasteiger partial charge in [-0.15, -0.1) is 0 Å². The second-order valence-corrected chi connectivity index (χ2v) is 3.97. The van der Waals surface area contributed by atoms with Crippen LogP contribution in [0.15, 0.2) is 24.3 Å². The molecule has 1 N–H and O–H groups in total. The first kappa shape index (κ1) is 14.2. The highest BCUT2D eigenvalue weighted by molar-refractivity contribution is 5.45. The quantitative estimate of drug-likeness (QED) is 0.509. The van der Waals surface area contributed by atoms with E-state index in [1.165, 1.54) is 0 Å². The summed E-state index contributed by atoms with van der Waals surface area (Å²) in [5.41, 5.74) is -0.403. The maximum Gasteiger partial charge on any atom is 0.194 e. The Morgan fingerprint density at radius 1 is 0.650 bits per heavy atom. The van der Waals surface area contributed by atoms with Crippen molar-refractivity contribution in [3.05, 3.63) is 64.7 Å². The first-order chi connectivity index (χ1) is 9.38. The predicted octanol–water partition coefficient (Wildman–Crippen LogP) is 4.13. The van der Waals surface area contributed by atoms with Crippen molar-refractivity contribution in [2.24, 2.45) is 0 Å². The number of anilines is 1. The molecule has 2 rings (SSSR count). The van der Waals surface area contributed by atoms with Gasteiger partial charge in [-0.3, -0.25) is 0 Å². The molecule has 0 aliphatic heterocycles. The van der Waals surface area contributed by atoms with Gasteiger partial charge < -0.3 is 5.32 Å². The Labute approximate surface area is 109 Å². The summed E-state index contributed by atoms with van der Waals surface area (Å²) in [6, 6.07) is 2.33. The first-order valence-electron chi connectivity index (χ1n) is 5.40. The minimum atomic E-state index is -1.62. The van der Waals surface area contributed by atoms with Gasteiger partial charge in [-0.1, -0.05) is 0 Å². The lowest BCUT2D eigenvalue weighted by Gasteiger charge is -2.09. The standard InChI is InChI=1S/C13H7F6N/c14-7-3-9(16)12(4-8(7)15)20-5-6-1-10(17)13(19)11(18)2-6/h1-4,20H,5H2. The van der Waals surface area contributed by atoms with Gasteiger partial charge in [0.1, 0.15) is 5.82 Å². The third-order valence-electron chi connectivity index (χ3n) is 2.54. The van der Waals surface area contributed by atoms with Crippen LogP contribution in [0.1, 0.15) is 5.56 Å². The van der Waals surface area contributed by atoms with Crippen molar-refractivity contribution >= 4 is 5.69 Å². The molecule has 0 saturated carbocycles. The van der Waals surface area contributed by atoms with E-state index in [4.69, 9.17) is 0 Å². The van der Waals surface area contributed by atoms with Crippen LogP contribution in [0.4, 0.5) is 32.0 Å². The van der Waals surface area contributed by atoms with Crippen LogP contribution < -0.4 is 5.32 Å². The van der Waals surface area contributed by atoms with Crippen molar-refractivity contribution in [1.29, 1.82) is 0 Å². The Hall–Kier alpha value is -2.18. The molecule has 0 fully saturated rings. The maximum atomic E-state index is 13.3. The highest BCUT2D eigenvalue weighted by atomic mass is 19.2. The van der Waals surface area contributed by atoms with E-state index < -0.39 is 34.9 Å². The number of halogens is 6. The topological polar surface area (TPSA) is 12.0 Å². The molecule has 106 valence electrons. The molecule has 0 aliphatic carbocycles. The van der Waals surface area contributed by atoms with Crippen LogP contribution in [0.3, 0.4) is 0 Å². The zero-order valence-electron chi connectivity index (χ0n) is 9.78. The SMILES string of the molecule is Fc1cc(F)c(NCc2cc(F)c(F)c(F)c2)cc1F. The summed E-state index contributed by atoms with van der Waals surface area (Å²) in [7, 11) is 0. The lowest BCUT2D eigenvalue weighted by Crippen LogP contribution is -2.05. The van der Waals surface area contributed by atoms with Gasteiger partial charge in [0.15, 0.2) is 29.1 Å². The molecule has 0 saturated heterocycles. The van der Waals surface area contributed by atoms with Crippen molar-refractivity contribution in [2.45, 2.75) is 6.54 Å². The molecule has 2 aromatic carbocycles. The molecule has 20 heavy (non-hydrogen) atoms. The fourth-order valence-electron chi connectivity index (χ4n) is 1.57. The van der Waals surface area contributed by atoms with Gasteiger partial charge >= 0.3 is 0 Å². The normalized spacial score (nSPS) is 10.7. The number of nitrogens with one attached hydrogen (secondary N) is 1. The summed E-state index contributed by atoms with van der Waals surface area (Å²) in [5.74, 6) is -8.10. The van der Waals surface area contributed by atoms with Crippen molar-refractivity contribution < 1.29 is 26.3 Å². The molecule has 0 radical (unpaired) electrons. The number of hydrogen-bond donors (Lipinski definition) is 1. The lowest BCUT2D eigenvalue weighted by atomic mass is 10.2. The summed E-state index contributed by atoms with van der Waals surface area (Å²) < 4.78 is 77.5. The van der Waals surface area contributed by atoms with Crippen molar-refractivity contribution in [3.63, 3.8) is 0 Å².